The molecule has 0 saturated heterocycles. The molecule has 1 heterocycles. The monoisotopic (exact) mass is 233 g/mol. The maximum absolute atomic E-state index is 6.36. The Hall–Kier alpha value is -0.930. The molecule has 17 heavy (non-hydrogen) atoms. The van der Waals surface area contributed by atoms with Crippen LogP contribution in [-0.4, -0.2) is 29.0 Å². The molecule has 1 aliphatic rings. The topological polar surface area (TPSA) is 42.1 Å². The van der Waals surface area contributed by atoms with Crippen molar-refractivity contribution in [1.82, 2.24) is 9.88 Å². The molecular weight excluding hydrogens is 210 g/mol. The third kappa shape index (κ3) is 3.79. The van der Waals surface area contributed by atoms with E-state index in [-0.39, 0.29) is 5.54 Å². The highest BCUT2D eigenvalue weighted by atomic mass is 15.1. The van der Waals surface area contributed by atoms with E-state index in [2.05, 4.69) is 23.0 Å². The standard InChI is InChI=1S/C14H23N3/c1-17(12-13-6-2-5-10-16-13)11-9-14(15)7-3-4-8-14/h2,5-6,10H,3-4,7-9,11-12,15H2,1H3. The smallest absolute Gasteiger partial charge is 0.0543 e. The molecule has 0 unspecified atom stereocenters. The first-order valence-electron chi connectivity index (χ1n) is 6.55. The van der Waals surface area contributed by atoms with Crippen LogP contribution in [0.1, 0.15) is 37.8 Å². The molecule has 1 aliphatic carbocycles. The summed E-state index contributed by atoms with van der Waals surface area (Å²) < 4.78 is 0. The van der Waals surface area contributed by atoms with Gasteiger partial charge in [0, 0.05) is 18.3 Å². The van der Waals surface area contributed by atoms with E-state index >= 15 is 0 Å². The quantitative estimate of drug-likeness (QED) is 0.847. The predicted molar refractivity (Wildman–Crippen MR) is 70.6 cm³/mol. The minimum Gasteiger partial charge on any atom is -0.325 e. The van der Waals surface area contributed by atoms with Crippen molar-refractivity contribution < 1.29 is 0 Å². The van der Waals surface area contributed by atoms with E-state index in [1.54, 1.807) is 0 Å². The second kappa shape index (κ2) is 5.61. The lowest BCUT2D eigenvalue weighted by molar-refractivity contribution is 0.271. The molecule has 94 valence electrons. The molecule has 0 spiro atoms. The molecule has 0 amide bonds. The average Bonchev–Trinajstić information content (AvgIpc) is 2.76. The second-order valence-corrected chi connectivity index (χ2v) is 5.38. The Kier molecular flexibility index (Phi) is 4.13. The van der Waals surface area contributed by atoms with Crippen molar-refractivity contribution in [2.45, 2.75) is 44.2 Å². The maximum Gasteiger partial charge on any atom is 0.0543 e. The van der Waals surface area contributed by atoms with Crippen molar-refractivity contribution in [1.29, 1.82) is 0 Å². The van der Waals surface area contributed by atoms with Gasteiger partial charge in [-0.15, -0.1) is 0 Å². The van der Waals surface area contributed by atoms with E-state index in [0.29, 0.717) is 0 Å². The molecule has 2 N–H and O–H groups in total. The van der Waals surface area contributed by atoms with Gasteiger partial charge >= 0.3 is 0 Å². The zero-order valence-electron chi connectivity index (χ0n) is 10.7. The van der Waals surface area contributed by atoms with Gasteiger partial charge in [-0.1, -0.05) is 18.9 Å². The minimum absolute atomic E-state index is 0.110. The SMILES string of the molecule is CN(CCC1(N)CCCC1)Cc1ccccn1. The van der Waals surface area contributed by atoms with Crippen LogP contribution in [0, 0.1) is 0 Å². The average molecular weight is 233 g/mol. The molecule has 1 aromatic heterocycles. The van der Waals surface area contributed by atoms with Crippen LogP contribution >= 0.6 is 0 Å². The van der Waals surface area contributed by atoms with Crippen molar-refractivity contribution in [2.75, 3.05) is 13.6 Å². The molecule has 0 atom stereocenters. The molecule has 0 aromatic carbocycles. The Morgan fingerprint density at radius 2 is 2.12 bits per heavy atom. The lowest BCUT2D eigenvalue weighted by Gasteiger charge is -2.26. The van der Waals surface area contributed by atoms with Crippen LogP contribution in [0.5, 0.6) is 0 Å². The number of nitrogens with two attached hydrogens (primary N) is 1. The van der Waals surface area contributed by atoms with E-state index in [1.165, 1.54) is 25.7 Å². The van der Waals surface area contributed by atoms with Gasteiger partial charge < -0.3 is 10.6 Å². The molecule has 1 aromatic rings. The van der Waals surface area contributed by atoms with Gasteiger partial charge in [0.15, 0.2) is 0 Å². The van der Waals surface area contributed by atoms with Gasteiger partial charge in [0.05, 0.1) is 5.69 Å². The zero-order valence-corrected chi connectivity index (χ0v) is 10.7. The molecule has 1 fully saturated rings. The summed E-state index contributed by atoms with van der Waals surface area (Å²) in [6.45, 7) is 1.98. The van der Waals surface area contributed by atoms with Gasteiger partial charge in [-0.2, -0.15) is 0 Å². The fourth-order valence-corrected chi connectivity index (χ4v) is 2.59. The number of hydrogen-bond acceptors (Lipinski definition) is 3. The minimum atomic E-state index is 0.110. The first-order chi connectivity index (χ1) is 8.18. The lowest BCUT2D eigenvalue weighted by atomic mass is 9.94. The fraction of sp³-hybridized carbons (Fsp3) is 0.643. The molecule has 0 radical (unpaired) electrons. The summed E-state index contributed by atoms with van der Waals surface area (Å²) >= 11 is 0. The number of hydrogen-bond donors (Lipinski definition) is 1. The van der Waals surface area contributed by atoms with E-state index in [9.17, 15) is 0 Å². The van der Waals surface area contributed by atoms with Crippen molar-refractivity contribution in [3.05, 3.63) is 30.1 Å². The fourth-order valence-electron chi connectivity index (χ4n) is 2.59. The van der Waals surface area contributed by atoms with Gasteiger partial charge in [0.1, 0.15) is 0 Å². The Balaban J connectivity index is 1.76. The summed E-state index contributed by atoms with van der Waals surface area (Å²) in [7, 11) is 2.15. The summed E-state index contributed by atoms with van der Waals surface area (Å²) in [6, 6.07) is 6.07. The summed E-state index contributed by atoms with van der Waals surface area (Å²) in [5.74, 6) is 0. The van der Waals surface area contributed by atoms with Crippen LogP contribution in [0.3, 0.4) is 0 Å². The van der Waals surface area contributed by atoms with Gasteiger partial charge in [0.25, 0.3) is 0 Å². The number of nitrogens with zero attached hydrogens (tertiary/aromatic N) is 2. The van der Waals surface area contributed by atoms with Crippen molar-refractivity contribution >= 4 is 0 Å². The van der Waals surface area contributed by atoms with E-state index in [1.807, 2.05) is 18.3 Å². The van der Waals surface area contributed by atoms with Crippen molar-refractivity contribution in [2.24, 2.45) is 5.73 Å². The molecule has 0 bridgehead atoms. The molecule has 0 aliphatic heterocycles. The summed E-state index contributed by atoms with van der Waals surface area (Å²) in [5.41, 5.74) is 7.60. The normalized spacial score (nSPS) is 18.8. The van der Waals surface area contributed by atoms with Crippen molar-refractivity contribution in [3.63, 3.8) is 0 Å². The highest BCUT2D eigenvalue weighted by Gasteiger charge is 2.28. The molecule has 2 rings (SSSR count). The Bertz CT molecular complexity index is 331. The summed E-state index contributed by atoms with van der Waals surface area (Å²) in [6.07, 6.45) is 7.97. The first kappa shape index (κ1) is 12.5. The Morgan fingerprint density at radius 1 is 1.35 bits per heavy atom. The third-order valence-electron chi connectivity index (χ3n) is 3.75. The van der Waals surface area contributed by atoms with Crippen LogP contribution in [-0.2, 0) is 6.54 Å². The van der Waals surface area contributed by atoms with E-state index < -0.39 is 0 Å². The lowest BCUT2D eigenvalue weighted by Crippen LogP contribution is -2.39. The van der Waals surface area contributed by atoms with Gasteiger partial charge in [-0.25, -0.2) is 0 Å². The number of aromatic nitrogens is 1. The first-order valence-corrected chi connectivity index (χ1v) is 6.55. The second-order valence-electron chi connectivity index (χ2n) is 5.38. The van der Waals surface area contributed by atoms with Crippen LogP contribution in [0.15, 0.2) is 24.4 Å². The van der Waals surface area contributed by atoms with Crippen molar-refractivity contribution in [3.8, 4) is 0 Å². The van der Waals surface area contributed by atoms with E-state index in [4.69, 9.17) is 5.73 Å². The zero-order chi connectivity index (χ0) is 12.1. The molecular formula is C14H23N3. The highest BCUT2D eigenvalue weighted by Crippen LogP contribution is 2.30. The summed E-state index contributed by atoms with van der Waals surface area (Å²) in [4.78, 5) is 6.66. The number of rotatable bonds is 5. The largest absolute Gasteiger partial charge is 0.325 e. The van der Waals surface area contributed by atoms with Crippen LogP contribution in [0.25, 0.3) is 0 Å². The molecule has 3 heteroatoms. The van der Waals surface area contributed by atoms with Gasteiger partial charge in [0.2, 0.25) is 0 Å². The Morgan fingerprint density at radius 3 is 2.76 bits per heavy atom. The van der Waals surface area contributed by atoms with E-state index in [0.717, 1.165) is 25.2 Å². The number of pyridine rings is 1. The highest BCUT2D eigenvalue weighted by molar-refractivity contribution is 5.03. The molecule has 1 saturated carbocycles. The molecule has 3 nitrogen and oxygen atoms in total. The van der Waals surface area contributed by atoms with Gasteiger partial charge in [-0.3, -0.25) is 4.98 Å². The maximum atomic E-state index is 6.36. The Labute approximate surface area is 104 Å². The van der Waals surface area contributed by atoms with Crippen LogP contribution < -0.4 is 5.73 Å². The van der Waals surface area contributed by atoms with Crippen LogP contribution in [0.2, 0.25) is 0 Å². The van der Waals surface area contributed by atoms with Crippen LogP contribution in [0.4, 0.5) is 0 Å². The predicted octanol–water partition coefficient (Wildman–Crippen LogP) is 2.17. The van der Waals surface area contributed by atoms with Gasteiger partial charge in [-0.05, 0) is 45.0 Å². The summed E-state index contributed by atoms with van der Waals surface area (Å²) in [5, 5.41) is 0. The third-order valence-corrected chi connectivity index (χ3v) is 3.75.